The van der Waals surface area contributed by atoms with E-state index in [1.54, 1.807) is 4.83 Å². The molecule has 0 heterocycles. The number of rotatable bonds is 3. The Morgan fingerprint density at radius 3 is 2.57 bits per heavy atom. The monoisotopic (exact) mass is 235 g/mol. The molecule has 0 radical (unpaired) electrons. The van der Waals surface area contributed by atoms with Gasteiger partial charge in [-0.15, -0.1) is 0 Å². The molecular weight excluding hydrogens is 228 g/mol. The van der Waals surface area contributed by atoms with E-state index >= 15 is 0 Å². The second kappa shape index (κ2) is 4.15. The zero-order valence-electron chi connectivity index (χ0n) is 6.84. The van der Waals surface area contributed by atoms with E-state index in [9.17, 15) is 17.2 Å². The minimum Gasteiger partial charge on any atom is -0.768 e. The summed E-state index contributed by atoms with van der Waals surface area (Å²) in [6.45, 7) is 0. The van der Waals surface area contributed by atoms with Crippen LogP contribution in [-0.2, 0) is 21.1 Å². The van der Waals surface area contributed by atoms with Gasteiger partial charge in [0, 0.05) is 4.90 Å². The Labute approximate surface area is 83.4 Å². The normalized spacial score (nSPS) is 13.9. The van der Waals surface area contributed by atoms with Gasteiger partial charge in [-0.2, -0.15) is 4.83 Å². The van der Waals surface area contributed by atoms with Crippen LogP contribution in [0.15, 0.2) is 34.1 Å². The lowest BCUT2D eigenvalue weighted by Crippen LogP contribution is -2.30. The molecule has 0 amide bonds. The molecule has 1 rings (SSSR count). The first-order valence-corrected chi connectivity index (χ1v) is 5.95. The van der Waals surface area contributed by atoms with Gasteiger partial charge in [0.1, 0.15) is 0 Å². The predicted octanol–water partition coefficient (Wildman–Crippen LogP) is -0.923. The minimum atomic E-state index is -3.80. The van der Waals surface area contributed by atoms with Crippen LogP contribution in [0.3, 0.4) is 0 Å². The van der Waals surface area contributed by atoms with E-state index in [1.165, 1.54) is 18.2 Å². The van der Waals surface area contributed by atoms with Crippen molar-refractivity contribution in [1.29, 1.82) is 0 Å². The van der Waals surface area contributed by atoms with E-state index < -0.39 is 21.1 Å². The molecule has 0 saturated carbocycles. The molecule has 1 atom stereocenters. The molecule has 14 heavy (non-hydrogen) atoms. The van der Waals surface area contributed by atoms with Crippen LogP contribution in [0, 0.1) is 0 Å². The van der Waals surface area contributed by atoms with E-state index in [1.807, 2.05) is 0 Å². The van der Waals surface area contributed by atoms with Crippen LogP contribution in [0.1, 0.15) is 0 Å². The van der Waals surface area contributed by atoms with Crippen molar-refractivity contribution < 1.29 is 17.2 Å². The van der Waals surface area contributed by atoms with Gasteiger partial charge in [0.15, 0.2) is 0 Å². The Morgan fingerprint density at radius 2 is 2.07 bits per heavy atom. The Bertz CT molecular complexity index is 457. The zero-order chi connectivity index (χ0) is 10.8. The lowest BCUT2D eigenvalue weighted by molar-refractivity contribution is 0.537. The summed E-state index contributed by atoms with van der Waals surface area (Å²) in [7, 11) is -3.80. The molecule has 0 aromatic heterocycles. The standard InChI is InChI=1S/C6H8N2O4S2/c7-8-14(11,12)6-3-1-2-5(4-6)13(9)10/h1-4,8H,7H2,(H,9,10)/p-1. The molecule has 1 aromatic rings. The van der Waals surface area contributed by atoms with Gasteiger partial charge in [-0.1, -0.05) is 6.07 Å². The van der Waals surface area contributed by atoms with Crippen molar-refractivity contribution in [2.24, 2.45) is 5.84 Å². The highest BCUT2D eigenvalue weighted by molar-refractivity contribution is 7.89. The summed E-state index contributed by atoms with van der Waals surface area (Å²) < 4.78 is 43.3. The van der Waals surface area contributed by atoms with Crippen LogP contribution in [-0.4, -0.2) is 17.2 Å². The first-order valence-electron chi connectivity index (χ1n) is 3.39. The Hall–Kier alpha value is -0.800. The highest BCUT2D eigenvalue weighted by Gasteiger charge is 2.11. The molecule has 0 saturated heterocycles. The summed E-state index contributed by atoms with van der Waals surface area (Å²) in [5.41, 5.74) is 0. The largest absolute Gasteiger partial charge is 0.768 e. The van der Waals surface area contributed by atoms with Crippen molar-refractivity contribution in [3.8, 4) is 0 Å². The number of benzene rings is 1. The number of nitrogens with two attached hydrogens (primary N) is 1. The lowest BCUT2D eigenvalue weighted by Gasteiger charge is -2.07. The van der Waals surface area contributed by atoms with Crippen molar-refractivity contribution in [3.05, 3.63) is 24.3 Å². The van der Waals surface area contributed by atoms with Gasteiger partial charge in [0.2, 0.25) is 0 Å². The van der Waals surface area contributed by atoms with Crippen LogP contribution in [0.2, 0.25) is 0 Å². The smallest absolute Gasteiger partial charge is 0.253 e. The van der Waals surface area contributed by atoms with Crippen LogP contribution in [0.25, 0.3) is 0 Å². The lowest BCUT2D eigenvalue weighted by atomic mass is 10.4. The fourth-order valence-corrected chi connectivity index (χ4v) is 1.98. The van der Waals surface area contributed by atoms with Crippen LogP contribution < -0.4 is 10.7 Å². The zero-order valence-corrected chi connectivity index (χ0v) is 8.47. The van der Waals surface area contributed by atoms with Gasteiger partial charge >= 0.3 is 0 Å². The number of nitrogens with one attached hydrogen (secondary N) is 1. The highest BCUT2D eigenvalue weighted by atomic mass is 32.2. The van der Waals surface area contributed by atoms with Crippen molar-refractivity contribution >= 4 is 21.1 Å². The molecular formula is C6H7N2O4S2-. The summed E-state index contributed by atoms with van der Waals surface area (Å²) in [5.74, 6) is 4.77. The summed E-state index contributed by atoms with van der Waals surface area (Å²) in [6.07, 6.45) is 0. The summed E-state index contributed by atoms with van der Waals surface area (Å²) >= 11 is -2.46. The van der Waals surface area contributed by atoms with E-state index in [-0.39, 0.29) is 9.79 Å². The third-order valence-electron chi connectivity index (χ3n) is 1.46. The maximum Gasteiger partial charge on any atom is 0.253 e. The van der Waals surface area contributed by atoms with Gasteiger partial charge in [-0.25, -0.2) is 8.42 Å². The van der Waals surface area contributed by atoms with Gasteiger partial charge in [0.05, 0.1) is 4.90 Å². The SMILES string of the molecule is NNS(=O)(=O)c1cccc(S(=O)[O-])c1. The molecule has 0 fully saturated rings. The molecule has 3 N–H and O–H groups in total. The third-order valence-corrected chi connectivity index (χ3v) is 3.29. The molecule has 0 aliphatic rings. The van der Waals surface area contributed by atoms with Crippen molar-refractivity contribution in [3.63, 3.8) is 0 Å². The third kappa shape index (κ3) is 2.36. The number of hydrogen-bond donors (Lipinski definition) is 2. The van der Waals surface area contributed by atoms with Crippen LogP contribution >= 0.6 is 0 Å². The predicted molar refractivity (Wildman–Crippen MR) is 48.1 cm³/mol. The fourth-order valence-electron chi connectivity index (χ4n) is 0.813. The van der Waals surface area contributed by atoms with E-state index in [4.69, 9.17) is 5.84 Å². The first kappa shape index (κ1) is 11.3. The molecule has 0 aliphatic carbocycles. The average molecular weight is 235 g/mol. The number of hydrazine groups is 1. The van der Waals surface area contributed by atoms with Gasteiger partial charge in [0.25, 0.3) is 10.0 Å². The molecule has 8 heteroatoms. The molecule has 1 unspecified atom stereocenters. The maximum atomic E-state index is 11.1. The van der Waals surface area contributed by atoms with Crippen LogP contribution in [0.5, 0.6) is 0 Å². The molecule has 78 valence electrons. The number of hydrogen-bond acceptors (Lipinski definition) is 5. The maximum absolute atomic E-state index is 11.1. The average Bonchev–Trinajstić information content (AvgIpc) is 2.18. The molecule has 0 bridgehead atoms. The molecule has 6 nitrogen and oxygen atoms in total. The second-order valence-electron chi connectivity index (χ2n) is 2.33. The van der Waals surface area contributed by atoms with Crippen molar-refractivity contribution in [2.75, 3.05) is 0 Å². The fraction of sp³-hybridized carbons (Fsp3) is 0. The van der Waals surface area contributed by atoms with Gasteiger partial charge in [-0.3, -0.25) is 10.1 Å². The summed E-state index contributed by atoms with van der Waals surface area (Å²) in [6, 6.07) is 4.85. The molecule has 0 aliphatic heterocycles. The Balaban J connectivity index is 3.26. The van der Waals surface area contributed by atoms with E-state index in [2.05, 4.69) is 0 Å². The van der Waals surface area contributed by atoms with Crippen molar-refractivity contribution in [1.82, 2.24) is 4.83 Å². The highest BCUT2D eigenvalue weighted by Crippen LogP contribution is 2.12. The first-order chi connectivity index (χ1) is 6.47. The topological polar surface area (TPSA) is 112 Å². The number of sulfonamides is 1. The van der Waals surface area contributed by atoms with Crippen LogP contribution in [0.4, 0.5) is 0 Å². The summed E-state index contributed by atoms with van der Waals surface area (Å²) in [5, 5.41) is 0. The van der Waals surface area contributed by atoms with E-state index in [0.717, 1.165) is 6.07 Å². The quantitative estimate of drug-likeness (QED) is 0.399. The summed E-state index contributed by atoms with van der Waals surface area (Å²) in [4.78, 5) is 1.29. The Morgan fingerprint density at radius 1 is 1.43 bits per heavy atom. The van der Waals surface area contributed by atoms with E-state index in [0.29, 0.717) is 0 Å². The second-order valence-corrected chi connectivity index (χ2v) is 4.99. The van der Waals surface area contributed by atoms with Gasteiger partial charge < -0.3 is 4.55 Å². The molecule has 0 spiro atoms. The van der Waals surface area contributed by atoms with Gasteiger partial charge in [-0.05, 0) is 29.3 Å². The molecule has 1 aromatic carbocycles. The van der Waals surface area contributed by atoms with Crippen molar-refractivity contribution in [2.45, 2.75) is 9.79 Å². The minimum absolute atomic E-state index is 0.110. The Kier molecular flexibility index (Phi) is 3.34.